The van der Waals surface area contributed by atoms with Crippen molar-refractivity contribution in [3.8, 4) is 22.3 Å². The number of pyridine rings is 1. The van der Waals surface area contributed by atoms with E-state index in [0.717, 1.165) is 24.4 Å². The topological polar surface area (TPSA) is 7.12 Å². The van der Waals surface area contributed by atoms with Gasteiger partial charge in [-0.3, -0.25) is 0 Å². The summed E-state index contributed by atoms with van der Waals surface area (Å²) >= 11 is 0. The van der Waals surface area contributed by atoms with Gasteiger partial charge in [-0.2, -0.15) is 4.57 Å². The van der Waals surface area contributed by atoms with E-state index >= 15 is 0 Å². The van der Waals surface area contributed by atoms with Gasteiger partial charge in [-0.15, -0.1) is 0 Å². The van der Waals surface area contributed by atoms with Crippen molar-refractivity contribution in [2.75, 3.05) is 4.90 Å². The fraction of sp³-hybridized carbons (Fsp3) is 0.260. The van der Waals surface area contributed by atoms with Crippen LogP contribution in [0, 0.1) is 0 Å². The molecule has 6 aromatic carbocycles. The van der Waals surface area contributed by atoms with Gasteiger partial charge in [0.15, 0.2) is 11.7 Å². The number of aromatic nitrogens is 1. The second-order valence-electron chi connectivity index (χ2n) is 16.0. The van der Waals surface area contributed by atoms with Gasteiger partial charge >= 0.3 is 0 Å². The first-order valence-corrected chi connectivity index (χ1v) is 19.5. The molecular formula is C50H47N2+. The summed E-state index contributed by atoms with van der Waals surface area (Å²) in [6.45, 7) is 9.91. The van der Waals surface area contributed by atoms with E-state index in [-0.39, 0.29) is 11.0 Å². The highest BCUT2D eigenvalue weighted by molar-refractivity contribution is 6.14. The molecule has 2 nitrogen and oxygen atoms in total. The number of anilines is 3. The molecular weight excluding hydrogens is 629 g/mol. The lowest BCUT2D eigenvalue weighted by atomic mass is 9.61. The molecule has 4 unspecified atom stereocenters. The number of hydrogen-bond donors (Lipinski definition) is 0. The van der Waals surface area contributed by atoms with Gasteiger partial charge in [0, 0.05) is 35.5 Å². The molecule has 10 rings (SSSR count). The summed E-state index contributed by atoms with van der Waals surface area (Å²) in [6, 6.07) is 49.6. The lowest BCUT2D eigenvalue weighted by Crippen LogP contribution is -2.66. The van der Waals surface area contributed by atoms with Gasteiger partial charge < -0.3 is 4.90 Å². The number of rotatable bonds is 7. The average molecular weight is 676 g/mol. The highest BCUT2D eigenvalue weighted by Crippen LogP contribution is 2.58. The summed E-state index contributed by atoms with van der Waals surface area (Å²) < 4.78 is 2.78. The second-order valence-corrected chi connectivity index (χ2v) is 16.0. The Morgan fingerprint density at radius 1 is 0.615 bits per heavy atom. The number of fused-ring (bicyclic) bond motifs is 6. The maximum Gasteiger partial charge on any atom is 0.221 e. The second kappa shape index (κ2) is 11.7. The summed E-state index contributed by atoms with van der Waals surface area (Å²) in [5, 5.41) is 4.27. The first-order chi connectivity index (χ1) is 25.4. The van der Waals surface area contributed by atoms with E-state index in [1.54, 1.807) is 11.1 Å². The lowest BCUT2D eigenvalue weighted by molar-refractivity contribution is -0.751. The maximum absolute atomic E-state index is 2.78. The van der Waals surface area contributed by atoms with Crippen LogP contribution in [0.1, 0.15) is 88.3 Å². The Bertz CT molecular complexity index is 2500. The Labute approximate surface area is 308 Å². The van der Waals surface area contributed by atoms with Gasteiger partial charge in [0.1, 0.15) is 0 Å². The summed E-state index contributed by atoms with van der Waals surface area (Å²) in [4.78, 5) is 2.53. The monoisotopic (exact) mass is 675 g/mol. The Balaban J connectivity index is 1.29. The van der Waals surface area contributed by atoms with Gasteiger partial charge in [0.2, 0.25) is 5.52 Å². The van der Waals surface area contributed by atoms with Gasteiger partial charge in [-0.25, -0.2) is 0 Å². The van der Waals surface area contributed by atoms with E-state index < -0.39 is 0 Å². The van der Waals surface area contributed by atoms with Crippen molar-refractivity contribution >= 4 is 38.7 Å². The van der Waals surface area contributed by atoms with Crippen molar-refractivity contribution in [3.63, 3.8) is 0 Å². The van der Waals surface area contributed by atoms with E-state index in [2.05, 4.69) is 177 Å². The number of nitrogens with zero attached hydrogens (tertiary/aromatic N) is 2. The maximum atomic E-state index is 2.78. The van der Waals surface area contributed by atoms with Gasteiger partial charge in [-0.05, 0) is 103 Å². The fourth-order valence-electron chi connectivity index (χ4n) is 10.7. The zero-order valence-corrected chi connectivity index (χ0v) is 30.9. The van der Waals surface area contributed by atoms with Crippen molar-refractivity contribution in [1.82, 2.24) is 0 Å². The van der Waals surface area contributed by atoms with E-state index in [4.69, 9.17) is 0 Å². The van der Waals surface area contributed by atoms with Crippen molar-refractivity contribution in [1.29, 1.82) is 0 Å². The number of benzene rings is 6. The molecule has 0 N–H and O–H groups in total. The van der Waals surface area contributed by atoms with Crippen LogP contribution in [0.2, 0.25) is 0 Å². The molecule has 3 aliphatic rings. The molecule has 256 valence electrons. The molecule has 52 heavy (non-hydrogen) atoms. The molecule has 2 bridgehead atoms. The minimum atomic E-state index is -0.0352. The van der Waals surface area contributed by atoms with E-state index in [1.165, 1.54) is 80.1 Å². The standard InChI is InChI=1S/C50H47N2/c1-5-49(3)43-29-30-45(40-27-28-41-46-37-22-21-36(31-37)42(46)32-51(48(41)47(40)43)50(49,4)6-2)52(38-25-23-34(24-26-38)33-15-9-7-10-16-33)44-20-14-13-19-39(44)35-17-11-8-12-18-35/h7-20,23-30,32,36-37H,5-6,21-22,31H2,1-4H3/q+1. The van der Waals surface area contributed by atoms with Gasteiger partial charge in [0.05, 0.1) is 27.6 Å². The average Bonchev–Trinajstić information content (AvgIpc) is 3.84. The molecule has 1 saturated carbocycles. The summed E-state index contributed by atoms with van der Waals surface area (Å²) in [5.74, 6) is 1.41. The third kappa shape index (κ3) is 4.27. The Hall–Kier alpha value is -5.21. The van der Waals surface area contributed by atoms with Crippen molar-refractivity contribution < 1.29 is 4.57 Å². The molecule has 1 aliphatic heterocycles. The molecule has 7 aromatic rings. The first-order valence-electron chi connectivity index (χ1n) is 19.5. The van der Waals surface area contributed by atoms with E-state index in [9.17, 15) is 0 Å². The molecule has 1 aromatic heterocycles. The summed E-state index contributed by atoms with van der Waals surface area (Å²) in [7, 11) is 0. The van der Waals surface area contributed by atoms with Gasteiger partial charge in [-0.1, -0.05) is 117 Å². The number of para-hydroxylation sites is 1. The fourth-order valence-corrected chi connectivity index (χ4v) is 10.7. The van der Waals surface area contributed by atoms with Crippen molar-refractivity contribution in [2.24, 2.45) is 0 Å². The van der Waals surface area contributed by atoms with Crippen molar-refractivity contribution in [3.05, 3.63) is 156 Å². The lowest BCUT2D eigenvalue weighted by Gasteiger charge is -2.46. The van der Waals surface area contributed by atoms with Gasteiger partial charge in [0.25, 0.3) is 0 Å². The molecule has 0 spiro atoms. The van der Waals surface area contributed by atoms with Crippen LogP contribution in [0.3, 0.4) is 0 Å². The largest absolute Gasteiger partial charge is 0.309 e. The van der Waals surface area contributed by atoms with Crippen LogP contribution < -0.4 is 9.47 Å². The normalized spacial score (nSPS) is 22.7. The van der Waals surface area contributed by atoms with Crippen LogP contribution in [-0.4, -0.2) is 0 Å². The van der Waals surface area contributed by atoms with E-state index in [0.29, 0.717) is 5.92 Å². The zero-order valence-electron chi connectivity index (χ0n) is 30.9. The smallest absolute Gasteiger partial charge is 0.221 e. The van der Waals surface area contributed by atoms with Crippen molar-refractivity contribution in [2.45, 2.75) is 82.6 Å². The van der Waals surface area contributed by atoms with Crippen LogP contribution in [-0.2, 0) is 11.0 Å². The molecule has 2 aliphatic carbocycles. The predicted octanol–water partition coefficient (Wildman–Crippen LogP) is 13.3. The third-order valence-electron chi connectivity index (χ3n) is 13.9. The molecule has 2 heteroatoms. The molecule has 4 atom stereocenters. The Morgan fingerprint density at radius 2 is 1.27 bits per heavy atom. The molecule has 0 radical (unpaired) electrons. The minimum Gasteiger partial charge on any atom is -0.309 e. The minimum absolute atomic E-state index is 0.0273. The van der Waals surface area contributed by atoms with Crippen LogP contribution >= 0.6 is 0 Å². The van der Waals surface area contributed by atoms with Crippen LogP contribution in [0.15, 0.2) is 140 Å². The van der Waals surface area contributed by atoms with Crippen LogP contribution in [0.25, 0.3) is 43.9 Å². The van der Waals surface area contributed by atoms with Crippen LogP contribution in [0.5, 0.6) is 0 Å². The zero-order chi connectivity index (χ0) is 35.2. The summed E-state index contributed by atoms with van der Waals surface area (Å²) in [6.07, 6.45) is 8.82. The number of hydrogen-bond acceptors (Lipinski definition) is 1. The summed E-state index contributed by atoms with van der Waals surface area (Å²) in [5.41, 5.74) is 14.7. The molecule has 2 heterocycles. The molecule has 0 amide bonds. The SMILES string of the molecule is CCC1(C)c2ccc(N(c3ccc(-c4ccccc4)cc3)c3ccccc3-c3ccccc3)c3ccc4c5c(c[n+](c4c23)C1(C)CC)C1CCC5C1. The van der Waals surface area contributed by atoms with E-state index in [1.807, 2.05) is 0 Å². The van der Waals surface area contributed by atoms with Crippen LogP contribution in [0.4, 0.5) is 17.1 Å². The Morgan fingerprint density at radius 3 is 2.00 bits per heavy atom. The highest BCUT2D eigenvalue weighted by atomic mass is 15.1. The highest BCUT2D eigenvalue weighted by Gasteiger charge is 2.57. The molecule has 1 fully saturated rings. The quantitative estimate of drug-likeness (QED) is 0.120. The predicted molar refractivity (Wildman–Crippen MR) is 218 cm³/mol. The first kappa shape index (κ1) is 31.5. The molecule has 0 saturated heterocycles. The third-order valence-corrected chi connectivity index (χ3v) is 13.9. The Kier molecular flexibility index (Phi) is 7.06.